The first-order valence-corrected chi connectivity index (χ1v) is 6.11. The highest BCUT2D eigenvalue weighted by Crippen LogP contribution is 2.38. The third kappa shape index (κ3) is 2.68. The number of benzene rings is 2. The molecule has 0 fully saturated rings. The van der Waals surface area contributed by atoms with E-state index >= 15 is 0 Å². The highest BCUT2D eigenvalue weighted by atomic mass is 16.6. The average Bonchev–Trinajstić information content (AvgIpc) is 2.49. The predicted octanol–water partition coefficient (Wildman–Crippen LogP) is 3.30. The predicted molar refractivity (Wildman–Crippen MR) is 72.0 cm³/mol. The summed E-state index contributed by atoms with van der Waals surface area (Å²) < 4.78 is 10.7. The lowest BCUT2D eigenvalue weighted by Gasteiger charge is -2.32. The van der Waals surface area contributed by atoms with Gasteiger partial charge in [-0.2, -0.15) is 5.11 Å². The summed E-state index contributed by atoms with van der Waals surface area (Å²) in [6, 6.07) is 18.4. The van der Waals surface area contributed by atoms with Crippen LogP contribution < -0.4 is 0 Å². The van der Waals surface area contributed by atoms with Gasteiger partial charge < -0.3 is 9.47 Å². The van der Waals surface area contributed by atoms with Crippen molar-refractivity contribution >= 4 is 0 Å². The lowest BCUT2D eigenvalue weighted by molar-refractivity contribution is -0.295. The van der Waals surface area contributed by atoms with Crippen molar-refractivity contribution in [3.8, 4) is 0 Å². The smallest absolute Gasteiger partial charge is 0.258 e. The second kappa shape index (κ2) is 5.97. The van der Waals surface area contributed by atoms with E-state index in [1.54, 1.807) is 12.1 Å². The maximum Gasteiger partial charge on any atom is 0.258 e. The van der Waals surface area contributed by atoms with Crippen molar-refractivity contribution in [2.24, 2.45) is 0 Å². The monoisotopic (exact) mass is 257 g/mol. The van der Waals surface area contributed by atoms with Gasteiger partial charge in [0.15, 0.2) is 0 Å². The van der Waals surface area contributed by atoms with Crippen molar-refractivity contribution in [1.29, 1.82) is 0 Å². The molecule has 0 heterocycles. The molecule has 3 heteroatoms. The zero-order chi connectivity index (χ0) is 13.7. The van der Waals surface area contributed by atoms with E-state index in [2.05, 4.69) is 0 Å². The van der Waals surface area contributed by atoms with E-state index in [-0.39, 0.29) is 0 Å². The molecule has 99 valence electrons. The molecule has 0 saturated heterocycles. The number of hydrogen-bond acceptors (Lipinski definition) is 2. The van der Waals surface area contributed by atoms with Crippen molar-refractivity contribution in [2.45, 2.75) is 11.9 Å². The van der Waals surface area contributed by atoms with Crippen LogP contribution in [-0.2, 0) is 20.4 Å². The lowest BCUT2D eigenvalue weighted by atomic mass is 9.94. The quantitative estimate of drug-likeness (QED) is 0.771. The van der Waals surface area contributed by atoms with Crippen LogP contribution in [0, 0.1) is 0 Å². The summed E-state index contributed by atoms with van der Waals surface area (Å²) in [7, 11) is 2.93. The van der Waals surface area contributed by atoms with Crippen molar-refractivity contribution in [2.75, 3.05) is 14.2 Å². The van der Waals surface area contributed by atoms with Gasteiger partial charge >= 0.3 is 0 Å². The molecule has 1 radical (unpaired) electrons. The molecule has 0 aliphatic rings. The Kier molecular flexibility index (Phi) is 4.32. The molecule has 2 rings (SSSR count). The molecule has 2 unspecified atom stereocenters. The van der Waals surface area contributed by atoms with Crippen LogP contribution >= 0.6 is 0 Å². The molecule has 2 atom stereocenters. The second-order valence-electron chi connectivity index (χ2n) is 4.26. The molecule has 0 saturated carbocycles. The van der Waals surface area contributed by atoms with Crippen molar-refractivity contribution in [1.82, 2.24) is 0 Å². The summed E-state index contributed by atoms with van der Waals surface area (Å²) in [5.74, 6) is -1.77. The van der Waals surface area contributed by atoms with E-state index in [4.69, 9.17) is 9.47 Å². The van der Waals surface area contributed by atoms with Gasteiger partial charge in [0.05, 0.1) is 0 Å². The third-order valence-corrected chi connectivity index (χ3v) is 3.16. The summed E-state index contributed by atoms with van der Waals surface area (Å²) >= 11 is 0. The Hall–Kier alpha value is -1.68. The molecule has 19 heavy (non-hydrogen) atoms. The standard InChI is InChI=1S/C16H17O3/c1-18-15(13-9-5-3-6-10-13)16(17,19-2)14-11-7-4-8-12-14/h3-12,15H,1-2H3. The molecule has 0 bridgehead atoms. The fourth-order valence-electron chi connectivity index (χ4n) is 2.19. The first-order valence-electron chi connectivity index (χ1n) is 6.11. The van der Waals surface area contributed by atoms with Crippen LogP contribution in [0.1, 0.15) is 17.2 Å². The molecule has 3 nitrogen and oxygen atoms in total. The van der Waals surface area contributed by atoms with Crippen LogP contribution in [0.3, 0.4) is 0 Å². The highest BCUT2D eigenvalue weighted by Gasteiger charge is 2.42. The Labute approximate surface area is 113 Å². The van der Waals surface area contributed by atoms with Crippen LogP contribution in [0.4, 0.5) is 0 Å². The Bertz CT molecular complexity index is 498. The molecule has 0 spiro atoms. The van der Waals surface area contributed by atoms with Crippen LogP contribution in [0.2, 0.25) is 0 Å². The molecule has 2 aromatic carbocycles. The molecule has 0 amide bonds. The Morgan fingerprint density at radius 3 is 1.89 bits per heavy atom. The van der Waals surface area contributed by atoms with Gasteiger partial charge in [-0.15, -0.1) is 0 Å². The minimum Gasteiger partial charge on any atom is -0.371 e. The average molecular weight is 257 g/mol. The van der Waals surface area contributed by atoms with Gasteiger partial charge in [0, 0.05) is 19.8 Å². The van der Waals surface area contributed by atoms with Crippen molar-refractivity contribution in [3.63, 3.8) is 0 Å². The van der Waals surface area contributed by atoms with E-state index in [0.29, 0.717) is 5.56 Å². The maximum absolute atomic E-state index is 13.1. The number of ether oxygens (including phenoxy) is 2. The molecular weight excluding hydrogens is 240 g/mol. The Balaban J connectivity index is 2.44. The Morgan fingerprint density at radius 2 is 1.42 bits per heavy atom. The highest BCUT2D eigenvalue weighted by molar-refractivity contribution is 5.27. The van der Waals surface area contributed by atoms with E-state index in [1.807, 2.05) is 48.5 Å². The summed E-state index contributed by atoms with van der Waals surface area (Å²) in [6.07, 6.45) is -0.707. The summed E-state index contributed by atoms with van der Waals surface area (Å²) in [6.45, 7) is 0. The van der Waals surface area contributed by atoms with Gasteiger partial charge in [0.25, 0.3) is 5.79 Å². The zero-order valence-electron chi connectivity index (χ0n) is 11.1. The number of methoxy groups -OCH3 is 2. The second-order valence-corrected chi connectivity index (χ2v) is 4.26. The first kappa shape index (κ1) is 13.7. The number of hydrogen-bond donors (Lipinski definition) is 0. The molecule has 0 aliphatic heterocycles. The van der Waals surface area contributed by atoms with Gasteiger partial charge in [0.2, 0.25) is 0 Å². The first-order chi connectivity index (χ1) is 9.22. The maximum atomic E-state index is 13.1. The van der Waals surface area contributed by atoms with Crippen LogP contribution in [0.5, 0.6) is 0 Å². The van der Waals surface area contributed by atoms with E-state index in [1.165, 1.54) is 14.2 Å². The van der Waals surface area contributed by atoms with Crippen molar-refractivity contribution < 1.29 is 14.6 Å². The Morgan fingerprint density at radius 1 is 0.895 bits per heavy atom. The van der Waals surface area contributed by atoms with Gasteiger partial charge in [-0.1, -0.05) is 60.7 Å². The fourth-order valence-corrected chi connectivity index (χ4v) is 2.19. The third-order valence-electron chi connectivity index (χ3n) is 3.16. The minimum absolute atomic E-state index is 0.549. The molecular formula is C16H17O3. The zero-order valence-corrected chi connectivity index (χ0v) is 11.1. The van der Waals surface area contributed by atoms with Crippen LogP contribution in [0.25, 0.3) is 0 Å². The largest absolute Gasteiger partial charge is 0.371 e. The number of rotatable bonds is 5. The van der Waals surface area contributed by atoms with Crippen molar-refractivity contribution in [3.05, 3.63) is 71.8 Å². The van der Waals surface area contributed by atoms with Gasteiger partial charge in [0.1, 0.15) is 6.10 Å². The molecule has 0 N–H and O–H groups in total. The summed E-state index contributed by atoms with van der Waals surface area (Å²) in [5.41, 5.74) is 1.35. The van der Waals surface area contributed by atoms with Gasteiger partial charge in [-0.05, 0) is 5.56 Å². The van der Waals surface area contributed by atoms with E-state index < -0.39 is 11.9 Å². The van der Waals surface area contributed by atoms with E-state index in [0.717, 1.165) is 5.56 Å². The van der Waals surface area contributed by atoms with Gasteiger partial charge in [-0.3, -0.25) is 0 Å². The van der Waals surface area contributed by atoms with Crippen LogP contribution in [0.15, 0.2) is 60.7 Å². The fraction of sp³-hybridized carbons (Fsp3) is 0.250. The summed E-state index contributed by atoms with van der Waals surface area (Å²) in [5, 5.41) is 13.1. The minimum atomic E-state index is -1.77. The lowest BCUT2D eigenvalue weighted by Crippen LogP contribution is -2.35. The molecule has 2 aromatic rings. The van der Waals surface area contributed by atoms with Crippen LogP contribution in [-0.4, -0.2) is 14.2 Å². The molecule has 0 aromatic heterocycles. The topological polar surface area (TPSA) is 38.4 Å². The van der Waals surface area contributed by atoms with E-state index in [9.17, 15) is 5.11 Å². The van der Waals surface area contributed by atoms with Gasteiger partial charge in [-0.25, -0.2) is 0 Å². The summed E-state index contributed by atoms with van der Waals surface area (Å²) in [4.78, 5) is 0. The SMILES string of the molecule is COC(c1ccccc1)C([O])(OC)c1ccccc1. The normalized spacial score (nSPS) is 15.7. The molecule has 0 aliphatic carbocycles.